The fourth-order valence-electron chi connectivity index (χ4n) is 1.85. The van der Waals surface area contributed by atoms with Gasteiger partial charge in [-0.2, -0.15) is 0 Å². The third-order valence-corrected chi connectivity index (χ3v) is 4.59. The first-order valence-corrected chi connectivity index (χ1v) is 8.30. The standard InChI is InChI=1S/C14H13ClN2O4S/c1-10-5-6-12(8-14(10)15)16-22(20,21)9-11-3-2-4-13(7-11)17(18)19/h2-8,16H,9H2,1H3. The van der Waals surface area contributed by atoms with Crippen LogP contribution in [-0.2, 0) is 15.8 Å². The Morgan fingerprint density at radius 3 is 2.59 bits per heavy atom. The van der Waals surface area contributed by atoms with Crippen molar-refractivity contribution in [3.63, 3.8) is 0 Å². The highest BCUT2D eigenvalue weighted by atomic mass is 35.5. The molecule has 6 nitrogen and oxygen atoms in total. The van der Waals surface area contributed by atoms with Crippen LogP contribution in [0.15, 0.2) is 42.5 Å². The third kappa shape index (κ3) is 4.19. The summed E-state index contributed by atoms with van der Waals surface area (Å²) in [5, 5.41) is 11.2. The molecule has 0 saturated carbocycles. The highest BCUT2D eigenvalue weighted by Crippen LogP contribution is 2.22. The molecule has 0 fully saturated rings. The Balaban J connectivity index is 2.19. The smallest absolute Gasteiger partial charge is 0.269 e. The number of non-ortho nitro benzene ring substituents is 1. The van der Waals surface area contributed by atoms with Gasteiger partial charge in [0.05, 0.1) is 10.7 Å². The van der Waals surface area contributed by atoms with E-state index in [-0.39, 0.29) is 11.4 Å². The number of anilines is 1. The summed E-state index contributed by atoms with van der Waals surface area (Å²) in [6.45, 7) is 1.81. The van der Waals surface area contributed by atoms with Crippen LogP contribution in [0.4, 0.5) is 11.4 Å². The van der Waals surface area contributed by atoms with Crippen molar-refractivity contribution in [3.8, 4) is 0 Å². The molecule has 0 aliphatic heterocycles. The summed E-state index contributed by atoms with van der Waals surface area (Å²) in [5.74, 6) is -0.361. The van der Waals surface area contributed by atoms with Crippen LogP contribution < -0.4 is 4.72 Å². The van der Waals surface area contributed by atoms with E-state index in [0.717, 1.165) is 5.56 Å². The molecule has 0 saturated heterocycles. The molecule has 0 aliphatic rings. The van der Waals surface area contributed by atoms with Gasteiger partial charge in [-0.3, -0.25) is 14.8 Å². The molecule has 1 N–H and O–H groups in total. The Hall–Kier alpha value is -2.12. The molecule has 0 amide bonds. The second kappa shape index (κ2) is 6.33. The van der Waals surface area contributed by atoms with Gasteiger partial charge < -0.3 is 0 Å². The molecule has 0 spiro atoms. The summed E-state index contributed by atoms with van der Waals surface area (Å²) in [6.07, 6.45) is 0. The predicted octanol–water partition coefficient (Wildman–Crippen LogP) is 3.50. The van der Waals surface area contributed by atoms with Gasteiger partial charge in [-0.15, -0.1) is 0 Å². The lowest BCUT2D eigenvalue weighted by Gasteiger charge is -2.09. The van der Waals surface area contributed by atoms with Crippen molar-refractivity contribution in [3.05, 3.63) is 68.7 Å². The summed E-state index contributed by atoms with van der Waals surface area (Å²) >= 11 is 5.95. The zero-order chi connectivity index (χ0) is 16.3. The second-order valence-corrected chi connectivity index (χ2v) is 6.88. The molecular formula is C14H13ClN2O4S. The number of nitrogens with zero attached hydrogens (tertiary/aromatic N) is 1. The molecule has 0 heterocycles. The van der Waals surface area contributed by atoms with Gasteiger partial charge in [0, 0.05) is 22.8 Å². The lowest BCUT2D eigenvalue weighted by Crippen LogP contribution is -2.15. The van der Waals surface area contributed by atoms with Gasteiger partial charge in [0.15, 0.2) is 0 Å². The topological polar surface area (TPSA) is 89.3 Å². The summed E-state index contributed by atoms with van der Waals surface area (Å²) in [5.41, 5.74) is 1.37. The monoisotopic (exact) mass is 340 g/mol. The minimum Gasteiger partial charge on any atom is -0.283 e. The summed E-state index contributed by atoms with van der Waals surface area (Å²) < 4.78 is 26.6. The second-order valence-electron chi connectivity index (χ2n) is 4.75. The number of nitrogens with one attached hydrogen (secondary N) is 1. The summed E-state index contributed by atoms with van der Waals surface area (Å²) in [7, 11) is -3.69. The Morgan fingerprint density at radius 2 is 1.95 bits per heavy atom. The lowest BCUT2D eigenvalue weighted by molar-refractivity contribution is -0.384. The van der Waals surface area contributed by atoms with Crippen molar-refractivity contribution in [1.82, 2.24) is 0 Å². The van der Waals surface area contributed by atoms with Crippen molar-refractivity contribution < 1.29 is 13.3 Å². The molecule has 0 radical (unpaired) electrons. The number of hydrogen-bond acceptors (Lipinski definition) is 4. The normalized spacial score (nSPS) is 11.2. The SMILES string of the molecule is Cc1ccc(NS(=O)(=O)Cc2cccc([N+](=O)[O-])c2)cc1Cl. The van der Waals surface area contributed by atoms with E-state index in [1.54, 1.807) is 12.1 Å². The number of benzene rings is 2. The molecule has 0 aliphatic carbocycles. The van der Waals surface area contributed by atoms with E-state index >= 15 is 0 Å². The van der Waals surface area contributed by atoms with Crippen LogP contribution in [0.25, 0.3) is 0 Å². The van der Waals surface area contributed by atoms with E-state index in [1.165, 1.54) is 30.3 Å². The van der Waals surface area contributed by atoms with Gasteiger partial charge in [0.1, 0.15) is 0 Å². The minimum absolute atomic E-state index is 0.147. The van der Waals surface area contributed by atoms with Crippen LogP contribution in [0.5, 0.6) is 0 Å². The van der Waals surface area contributed by atoms with Gasteiger partial charge in [-0.25, -0.2) is 8.42 Å². The van der Waals surface area contributed by atoms with Crippen LogP contribution in [0, 0.1) is 17.0 Å². The first kappa shape index (κ1) is 16.3. The van der Waals surface area contributed by atoms with Crippen LogP contribution >= 0.6 is 11.6 Å². The van der Waals surface area contributed by atoms with Gasteiger partial charge in [-0.1, -0.05) is 29.8 Å². The lowest BCUT2D eigenvalue weighted by atomic mass is 10.2. The molecule has 2 aromatic rings. The maximum Gasteiger partial charge on any atom is 0.269 e. The van der Waals surface area contributed by atoms with Gasteiger partial charge in [-0.05, 0) is 30.2 Å². The average Bonchev–Trinajstić information content (AvgIpc) is 2.42. The quantitative estimate of drug-likeness (QED) is 0.666. The highest BCUT2D eigenvalue weighted by Gasteiger charge is 2.14. The number of rotatable bonds is 5. The number of nitro groups is 1. The molecule has 0 unspecified atom stereocenters. The number of aryl methyl sites for hydroxylation is 1. The Labute approximate surface area is 132 Å². The van der Waals surface area contributed by atoms with Gasteiger partial charge >= 0.3 is 0 Å². The Kier molecular flexibility index (Phi) is 4.68. The largest absolute Gasteiger partial charge is 0.283 e. The first-order valence-electron chi connectivity index (χ1n) is 6.27. The van der Waals surface area contributed by atoms with Crippen molar-refractivity contribution in [2.24, 2.45) is 0 Å². The summed E-state index contributed by atoms with van der Waals surface area (Å²) in [6, 6.07) is 10.3. The molecule has 0 bridgehead atoms. The Morgan fingerprint density at radius 1 is 1.23 bits per heavy atom. The summed E-state index contributed by atoms with van der Waals surface area (Å²) in [4.78, 5) is 10.1. The zero-order valence-electron chi connectivity index (χ0n) is 11.6. The van der Waals surface area contributed by atoms with E-state index in [2.05, 4.69) is 4.72 Å². The van der Waals surface area contributed by atoms with Gasteiger partial charge in [0.25, 0.3) is 5.69 Å². The molecular weight excluding hydrogens is 328 g/mol. The number of nitro benzene ring substituents is 1. The van der Waals surface area contributed by atoms with Crippen LogP contribution in [0.2, 0.25) is 5.02 Å². The molecule has 0 atom stereocenters. The van der Waals surface area contributed by atoms with Crippen LogP contribution in [0.1, 0.15) is 11.1 Å². The van der Waals surface area contributed by atoms with E-state index in [1.807, 2.05) is 6.92 Å². The molecule has 2 aromatic carbocycles. The Bertz CT molecular complexity index is 821. The van der Waals surface area contributed by atoms with Crippen LogP contribution in [-0.4, -0.2) is 13.3 Å². The van der Waals surface area contributed by atoms with E-state index in [0.29, 0.717) is 16.3 Å². The zero-order valence-corrected chi connectivity index (χ0v) is 13.2. The fraction of sp³-hybridized carbons (Fsp3) is 0.143. The van der Waals surface area contributed by atoms with Crippen molar-refractivity contribution >= 4 is 33.0 Å². The van der Waals surface area contributed by atoms with Crippen molar-refractivity contribution in [2.45, 2.75) is 12.7 Å². The van der Waals surface area contributed by atoms with E-state index in [9.17, 15) is 18.5 Å². The molecule has 2 rings (SSSR count). The minimum atomic E-state index is -3.69. The molecule has 116 valence electrons. The number of sulfonamides is 1. The fourth-order valence-corrected chi connectivity index (χ4v) is 3.21. The van der Waals surface area contributed by atoms with Crippen LogP contribution in [0.3, 0.4) is 0 Å². The average molecular weight is 341 g/mol. The van der Waals surface area contributed by atoms with E-state index < -0.39 is 14.9 Å². The number of halogens is 1. The van der Waals surface area contributed by atoms with Crippen molar-refractivity contribution in [1.29, 1.82) is 0 Å². The molecule has 8 heteroatoms. The maximum absolute atomic E-state index is 12.1. The van der Waals surface area contributed by atoms with Gasteiger partial charge in [0.2, 0.25) is 10.0 Å². The molecule has 0 aromatic heterocycles. The third-order valence-electron chi connectivity index (χ3n) is 2.92. The predicted molar refractivity (Wildman–Crippen MR) is 85.5 cm³/mol. The first-order chi connectivity index (χ1) is 10.3. The van der Waals surface area contributed by atoms with Crippen molar-refractivity contribution in [2.75, 3.05) is 4.72 Å². The van der Waals surface area contributed by atoms with E-state index in [4.69, 9.17) is 11.6 Å². The molecule has 22 heavy (non-hydrogen) atoms. The maximum atomic E-state index is 12.1. The number of hydrogen-bond donors (Lipinski definition) is 1. The highest BCUT2D eigenvalue weighted by molar-refractivity contribution is 7.91.